The van der Waals surface area contributed by atoms with Gasteiger partial charge >= 0.3 is 0 Å². The number of fused-ring (bicyclic) bond motifs is 1. The van der Waals surface area contributed by atoms with Gasteiger partial charge in [0.25, 0.3) is 5.91 Å². The second kappa shape index (κ2) is 7.87. The van der Waals surface area contributed by atoms with E-state index in [0.29, 0.717) is 24.6 Å². The molecular weight excluding hydrogens is 370 g/mol. The lowest BCUT2D eigenvalue weighted by Gasteiger charge is -2.34. The Morgan fingerprint density at radius 2 is 1.83 bits per heavy atom. The Labute approximate surface area is 170 Å². The molecule has 2 aliphatic heterocycles. The molecule has 1 saturated heterocycles. The molecule has 1 aromatic carbocycles. The minimum absolute atomic E-state index is 0.0490. The molecule has 3 heterocycles. The van der Waals surface area contributed by atoms with E-state index in [1.165, 1.54) is 11.9 Å². The van der Waals surface area contributed by atoms with Crippen molar-refractivity contribution < 1.29 is 14.3 Å². The fourth-order valence-corrected chi connectivity index (χ4v) is 3.50. The molecule has 1 aromatic heterocycles. The molecule has 0 saturated carbocycles. The second-order valence-electron chi connectivity index (χ2n) is 8.42. The van der Waals surface area contributed by atoms with Gasteiger partial charge in [-0.25, -0.2) is 9.97 Å². The number of hydrogen-bond acceptors (Lipinski definition) is 7. The Kier molecular flexibility index (Phi) is 5.27. The van der Waals surface area contributed by atoms with Crippen molar-refractivity contribution in [1.29, 1.82) is 0 Å². The van der Waals surface area contributed by atoms with Crippen LogP contribution >= 0.6 is 0 Å². The molecule has 0 aliphatic carbocycles. The minimum atomic E-state index is -0.130. The number of anilines is 1. The van der Waals surface area contributed by atoms with E-state index in [9.17, 15) is 4.79 Å². The third-order valence-electron chi connectivity index (χ3n) is 4.89. The van der Waals surface area contributed by atoms with Crippen molar-refractivity contribution in [3.8, 4) is 11.5 Å². The molecule has 0 atom stereocenters. The third kappa shape index (κ3) is 4.76. The maximum Gasteiger partial charge on any atom is 0.272 e. The molecule has 0 bridgehead atoms. The molecule has 8 nitrogen and oxygen atoms in total. The molecule has 29 heavy (non-hydrogen) atoms. The minimum Gasteiger partial charge on any atom is -0.454 e. The zero-order valence-electron chi connectivity index (χ0n) is 17.1. The van der Waals surface area contributed by atoms with Gasteiger partial charge in [-0.15, -0.1) is 0 Å². The molecule has 4 rings (SSSR count). The van der Waals surface area contributed by atoms with Gasteiger partial charge in [0.2, 0.25) is 6.79 Å². The summed E-state index contributed by atoms with van der Waals surface area (Å²) in [4.78, 5) is 25.5. The summed E-state index contributed by atoms with van der Waals surface area (Å²) < 4.78 is 10.8. The fraction of sp³-hybridized carbons (Fsp3) is 0.476. The first kappa shape index (κ1) is 19.4. The highest BCUT2D eigenvalue weighted by Crippen LogP contribution is 2.32. The van der Waals surface area contributed by atoms with E-state index >= 15 is 0 Å². The average molecular weight is 397 g/mol. The molecule has 2 aliphatic rings. The van der Waals surface area contributed by atoms with Gasteiger partial charge in [-0.3, -0.25) is 9.69 Å². The molecular formula is C21H27N5O3. The van der Waals surface area contributed by atoms with E-state index in [2.05, 4.69) is 47.0 Å². The zero-order chi connectivity index (χ0) is 20.4. The van der Waals surface area contributed by atoms with Crippen LogP contribution in [0.4, 0.5) is 5.82 Å². The zero-order valence-corrected chi connectivity index (χ0v) is 17.1. The van der Waals surface area contributed by atoms with Crippen LogP contribution < -0.4 is 14.8 Å². The van der Waals surface area contributed by atoms with Gasteiger partial charge in [-0.05, 0) is 38.5 Å². The summed E-state index contributed by atoms with van der Waals surface area (Å²) in [5, 5.41) is 3.28. The van der Waals surface area contributed by atoms with E-state index in [0.717, 1.165) is 31.1 Å². The molecule has 8 heteroatoms. The van der Waals surface area contributed by atoms with Crippen molar-refractivity contribution in [3.63, 3.8) is 0 Å². The normalized spacial score (nSPS) is 16.7. The van der Waals surface area contributed by atoms with Gasteiger partial charge in [0.05, 0.1) is 0 Å². The molecule has 1 amide bonds. The molecule has 0 unspecified atom stereocenters. The molecule has 0 spiro atoms. The van der Waals surface area contributed by atoms with Crippen LogP contribution in [-0.4, -0.2) is 64.2 Å². The Balaban J connectivity index is 1.33. The number of carbonyl (C=O) groups excluding carboxylic acids is 1. The number of amides is 1. The van der Waals surface area contributed by atoms with Crippen molar-refractivity contribution >= 4 is 11.7 Å². The topological polar surface area (TPSA) is 79.8 Å². The number of rotatable bonds is 4. The summed E-state index contributed by atoms with van der Waals surface area (Å²) in [5.41, 5.74) is 1.48. The summed E-state index contributed by atoms with van der Waals surface area (Å²) in [6, 6.07) is 7.78. The Bertz CT molecular complexity index is 888. The highest BCUT2D eigenvalue weighted by atomic mass is 16.7. The van der Waals surface area contributed by atoms with Crippen LogP contribution in [-0.2, 0) is 6.54 Å². The summed E-state index contributed by atoms with van der Waals surface area (Å²) in [6.07, 6.45) is 1.44. The molecule has 2 aromatic rings. The van der Waals surface area contributed by atoms with Crippen LogP contribution in [0.1, 0.15) is 36.8 Å². The summed E-state index contributed by atoms with van der Waals surface area (Å²) >= 11 is 0. The summed E-state index contributed by atoms with van der Waals surface area (Å²) in [5.74, 6) is 2.22. The van der Waals surface area contributed by atoms with Crippen LogP contribution in [0, 0.1) is 0 Å². The lowest BCUT2D eigenvalue weighted by Crippen LogP contribution is -2.48. The van der Waals surface area contributed by atoms with Gasteiger partial charge in [-0.1, -0.05) is 6.07 Å². The smallest absolute Gasteiger partial charge is 0.272 e. The Morgan fingerprint density at radius 3 is 2.59 bits per heavy atom. The maximum atomic E-state index is 12.9. The van der Waals surface area contributed by atoms with Crippen LogP contribution in [0.2, 0.25) is 0 Å². The average Bonchev–Trinajstić information content (AvgIpc) is 3.15. The van der Waals surface area contributed by atoms with Crippen molar-refractivity contribution in [2.45, 2.75) is 32.9 Å². The van der Waals surface area contributed by atoms with Crippen molar-refractivity contribution in [2.24, 2.45) is 0 Å². The molecule has 0 radical (unpaired) electrons. The monoisotopic (exact) mass is 397 g/mol. The fourth-order valence-electron chi connectivity index (χ4n) is 3.50. The predicted octanol–water partition coefficient (Wildman–Crippen LogP) is 2.37. The molecule has 1 N–H and O–H groups in total. The lowest BCUT2D eigenvalue weighted by molar-refractivity contribution is 0.0622. The van der Waals surface area contributed by atoms with Crippen LogP contribution in [0.25, 0.3) is 0 Å². The highest BCUT2D eigenvalue weighted by molar-refractivity contribution is 5.93. The highest BCUT2D eigenvalue weighted by Gasteiger charge is 2.24. The standard InChI is InChI=1S/C21H27N5O3/c1-21(2,3)24-19-11-16(22-13-23-19)20(27)26-8-6-25(7-9-26)12-15-4-5-17-18(10-15)29-14-28-17/h4-5,10-11,13H,6-9,12,14H2,1-3H3,(H,22,23,24). The number of hydrogen-bond donors (Lipinski definition) is 1. The van der Waals surface area contributed by atoms with Gasteiger partial charge in [0.1, 0.15) is 17.8 Å². The SMILES string of the molecule is CC(C)(C)Nc1cc(C(=O)N2CCN(Cc3ccc4c(c3)OCO4)CC2)ncn1. The lowest BCUT2D eigenvalue weighted by atomic mass is 10.1. The van der Waals surface area contributed by atoms with Crippen LogP contribution in [0.15, 0.2) is 30.6 Å². The first-order chi connectivity index (χ1) is 13.9. The number of carbonyl (C=O) groups is 1. The van der Waals surface area contributed by atoms with Gasteiger partial charge in [-0.2, -0.15) is 0 Å². The van der Waals surface area contributed by atoms with Crippen molar-refractivity contribution in [1.82, 2.24) is 19.8 Å². The van der Waals surface area contributed by atoms with Gasteiger partial charge < -0.3 is 19.7 Å². The maximum absolute atomic E-state index is 12.9. The number of nitrogens with zero attached hydrogens (tertiary/aromatic N) is 4. The summed E-state index contributed by atoms with van der Waals surface area (Å²) in [6.45, 7) is 10.3. The molecule has 1 fully saturated rings. The van der Waals surface area contributed by atoms with E-state index in [1.54, 1.807) is 6.07 Å². The van der Waals surface area contributed by atoms with Crippen molar-refractivity contribution in [2.75, 3.05) is 38.3 Å². The number of aromatic nitrogens is 2. The third-order valence-corrected chi connectivity index (χ3v) is 4.89. The number of piperazine rings is 1. The second-order valence-corrected chi connectivity index (χ2v) is 8.42. The largest absolute Gasteiger partial charge is 0.454 e. The number of ether oxygens (including phenoxy) is 2. The molecule has 154 valence electrons. The van der Waals surface area contributed by atoms with E-state index in [-0.39, 0.29) is 18.2 Å². The summed E-state index contributed by atoms with van der Waals surface area (Å²) in [7, 11) is 0. The predicted molar refractivity (Wildman–Crippen MR) is 109 cm³/mol. The number of nitrogens with one attached hydrogen (secondary N) is 1. The van der Waals surface area contributed by atoms with Gasteiger partial charge in [0, 0.05) is 44.3 Å². The van der Waals surface area contributed by atoms with Crippen molar-refractivity contribution in [3.05, 3.63) is 41.9 Å². The van der Waals surface area contributed by atoms with E-state index < -0.39 is 0 Å². The Morgan fingerprint density at radius 1 is 1.07 bits per heavy atom. The van der Waals surface area contributed by atoms with Crippen LogP contribution in [0.3, 0.4) is 0 Å². The van der Waals surface area contributed by atoms with E-state index in [1.807, 2.05) is 17.0 Å². The van der Waals surface area contributed by atoms with Gasteiger partial charge in [0.15, 0.2) is 11.5 Å². The van der Waals surface area contributed by atoms with Crippen LogP contribution in [0.5, 0.6) is 11.5 Å². The number of benzene rings is 1. The Hall–Kier alpha value is -2.87. The first-order valence-electron chi connectivity index (χ1n) is 9.88. The quantitative estimate of drug-likeness (QED) is 0.848. The van der Waals surface area contributed by atoms with E-state index in [4.69, 9.17) is 9.47 Å². The first-order valence-corrected chi connectivity index (χ1v) is 9.88.